The van der Waals surface area contributed by atoms with E-state index in [9.17, 15) is 9.59 Å². The molecular weight excluding hydrogens is 404 g/mol. The second kappa shape index (κ2) is 9.46. The highest BCUT2D eigenvalue weighted by Gasteiger charge is 2.22. The zero-order valence-corrected chi connectivity index (χ0v) is 19.0. The van der Waals surface area contributed by atoms with Crippen molar-refractivity contribution in [1.29, 1.82) is 0 Å². The number of ketones is 1. The Bertz CT molecular complexity index is 1120. The maximum atomic E-state index is 12.7. The molecule has 168 valence electrons. The summed E-state index contributed by atoms with van der Waals surface area (Å²) < 4.78 is 3.84. The van der Waals surface area contributed by atoms with Gasteiger partial charge in [-0.05, 0) is 45.6 Å². The van der Waals surface area contributed by atoms with Crippen LogP contribution in [0.2, 0.25) is 0 Å². The van der Waals surface area contributed by atoms with Gasteiger partial charge in [0.25, 0.3) is 0 Å². The molecular formula is C24H30N6O2. The minimum atomic E-state index is -0.0855. The maximum absolute atomic E-state index is 12.7. The highest BCUT2D eigenvalue weighted by Crippen LogP contribution is 2.17. The lowest BCUT2D eigenvalue weighted by atomic mass is 10.1. The van der Waals surface area contributed by atoms with E-state index in [2.05, 4.69) is 49.4 Å². The van der Waals surface area contributed by atoms with Crippen molar-refractivity contribution >= 4 is 11.7 Å². The third-order valence-corrected chi connectivity index (χ3v) is 6.19. The molecule has 0 radical (unpaired) electrons. The average Bonchev–Trinajstić information content (AvgIpc) is 3.20. The second-order valence-corrected chi connectivity index (χ2v) is 8.52. The number of fused-ring (bicyclic) bond motifs is 1. The largest absolute Gasteiger partial charge is 0.352 e. The van der Waals surface area contributed by atoms with Gasteiger partial charge >= 0.3 is 0 Å². The summed E-state index contributed by atoms with van der Waals surface area (Å²) in [6, 6.07) is 10.5. The van der Waals surface area contributed by atoms with Crippen LogP contribution in [-0.4, -0.2) is 42.3 Å². The first kappa shape index (κ1) is 21.9. The summed E-state index contributed by atoms with van der Waals surface area (Å²) in [7, 11) is 0. The third-order valence-electron chi connectivity index (χ3n) is 6.19. The Kier molecular flexibility index (Phi) is 6.48. The van der Waals surface area contributed by atoms with E-state index in [0.717, 1.165) is 56.0 Å². The van der Waals surface area contributed by atoms with E-state index in [1.807, 2.05) is 13.0 Å². The molecule has 8 nitrogen and oxygen atoms in total. The molecule has 0 aliphatic carbocycles. The summed E-state index contributed by atoms with van der Waals surface area (Å²) in [6.07, 6.45) is 4.25. The Hall–Kier alpha value is -3.29. The van der Waals surface area contributed by atoms with Crippen LogP contribution in [-0.2, 0) is 37.1 Å². The lowest BCUT2D eigenvalue weighted by molar-refractivity contribution is -0.122. The Morgan fingerprint density at radius 1 is 1.09 bits per heavy atom. The van der Waals surface area contributed by atoms with Crippen molar-refractivity contribution in [3.63, 3.8) is 0 Å². The van der Waals surface area contributed by atoms with E-state index in [4.69, 9.17) is 0 Å². The molecule has 1 N–H and O–H groups in total. The summed E-state index contributed by atoms with van der Waals surface area (Å²) in [5, 5.41) is 16.3. The molecule has 2 aromatic heterocycles. The zero-order chi connectivity index (χ0) is 22.7. The molecule has 32 heavy (non-hydrogen) atoms. The smallest absolute Gasteiger partial charge is 0.241 e. The van der Waals surface area contributed by atoms with Crippen molar-refractivity contribution < 1.29 is 9.59 Å². The molecule has 1 aliphatic heterocycles. The number of carbonyl (C=O) groups is 2. The van der Waals surface area contributed by atoms with Gasteiger partial charge in [0.05, 0.1) is 11.3 Å². The van der Waals surface area contributed by atoms with Crippen LogP contribution in [0.4, 0.5) is 0 Å². The molecule has 8 heteroatoms. The van der Waals surface area contributed by atoms with E-state index in [0.29, 0.717) is 11.3 Å². The number of nitrogens with one attached hydrogen (secondary N) is 1. The van der Waals surface area contributed by atoms with Crippen LogP contribution < -0.4 is 5.32 Å². The normalized spacial score (nSPS) is 15.8. The number of amides is 1. The van der Waals surface area contributed by atoms with Gasteiger partial charge in [-0.15, -0.1) is 10.2 Å². The summed E-state index contributed by atoms with van der Waals surface area (Å²) in [5.74, 6) is 1.89. The van der Waals surface area contributed by atoms with Gasteiger partial charge in [-0.2, -0.15) is 5.10 Å². The lowest BCUT2D eigenvalue weighted by Crippen LogP contribution is -2.37. The highest BCUT2D eigenvalue weighted by atomic mass is 16.2. The Balaban J connectivity index is 1.34. The Morgan fingerprint density at radius 3 is 2.59 bits per heavy atom. The van der Waals surface area contributed by atoms with Gasteiger partial charge in [0.1, 0.15) is 18.2 Å². The van der Waals surface area contributed by atoms with Crippen molar-refractivity contribution in [2.75, 3.05) is 0 Å². The van der Waals surface area contributed by atoms with Crippen LogP contribution in [0.3, 0.4) is 0 Å². The van der Waals surface area contributed by atoms with Crippen LogP contribution in [0.1, 0.15) is 58.7 Å². The first-order valence-electron chi connectivity index (χ1n) is 11.2. The van der Waals surface area contributed by atoms with Gasteiger partial charge in [0.15, 0.2) is 5.78 Å². The molecule has 4 rings (SSSR count). The van der Waals surface area contributed by atoms with E-state index in [1.165, 1.54) is 12.5 Å². The molecule has 0 spiro atoms. The van der Waals surface area contributed by atoms with Crippen molar-refractivity contribution in [3.05, 3.63) is 64.5 Å². The minimum absolute atomic E-state index is 0.0264. The maximum Gasteiger partial charge on any atom is 0.241 e. The molecule has 1 amide bonds. The van der Waals surface area contributed by atoms with E-state index < -0.39 is 0 Å². The Morgan fingerprint density at radius 2 is 1.88 bits per heavy atom. The highest BCUT2D eigenvalue weighted by molar-refractivity contribution is 5.96. The van der Waals surface area contributed by atoms with Crippen LogP contribution in [0, 0.1) is 13.8 Å². The SMILES string of the molecule is CC(=O)c1c(C)nn(CC(=O)NC2CCc3nnc(CCc4ccccc4)n3CC2)c1C. The van der Waals surface area contributed by atoms with Crippen molar-refractivity contribution in [1.82, 2.24) is 29.9 Å². The fraction of sp³-hybridized carbons (Fsp3) is 0.458. The molecule has 0 fully saturated rings. The monoisotopic (exact) mass is 434 g/mol. The van der Waals surface area contributed by atoms with Gasteiger partial charge in [0.2, 0.25) is 5.91 Å². The predicted molar refractivity (Wildman–Crippen MR) is 120 cm³/mol. The number of Topliss-reactive ketones (excluding diaryl/α,β-unsaturated/α-hetero) is 1. The van der Waals surface area contributed by atoms with Crippen LogP contribution >= 0.6 is 0 Å². The minimum Gasteiger partial charge on any atom is -0.352 e. The van der Waals surface area contributed by atoms with Crippen molar-refractivity contribution in [2.45, 2.75) is 72.0 Å². The number of hydrogen-bond donors (Lipinski definition) is 1. The summed E-state index contributed by atoms with van der Waals surface area (Å²) in [6.45, 7) is 6.07. The molecule has 0 bridgehead atoms. The van der Waals surface area contributed by atoms with Gasteiger partial charge in [-0.1, -0.05) is 30.3 Å². The summed E-state index contributed by atoms with van der Waals surface area (Å²) >= 11 is 0. The van der Waals surface area contributed by atoms with Crippen molar-refractivity contribution in [3.8, 4) is 0 Å². The lowest BCUT2D eigenvalue weighted by Gasteiger charge is -2.16. The molecule has 3 aromatic rings. The van der Waals surface area contributed by atoms with E-state index in [1.54, 1.807) is 11.6 Å². The molecule has 1 aliphatic rings. The number of benzene rings is 1. The first-order valence-corrected chi connectivity index (χ1v) is 11.2. The standard InChI is InChI=1S/C24H30N6O2/c1-16-24(18(3)31)17(2)30(28-16)15-23(32)25-20-10-12-22-27-26-21(29(22)14-13-20)11-9-19-7-5-4-6-8-19/h4-8,20H,9-15H2,1-3H3,(H,25,32). The van der Waals surface area contributed by atoms with E-state index in [-0.39, 0.29) is 24.3 Å². The molecule has 3 heterocycles. The zero-order valence-electron chi connectivity index (χ0n) is 19.0. The molecule has 1 aromatic carbocycles. The number of carbonyl (C=O) groups excluding carboxylic acids is 2. The first-order chi connectivity index (χ1) is 15.4. The molecule has 0 saturated carbocycles. The summed E-state index contributed by atoms with van der Waals surface area (Å²) in [5.41, 5.74) is 3.30. The van der Waals surface area contributed by atoms with Gasteiger partial charge in [-0.25, -0.2) is 0 Å². The van der Waals surface area contributed by atoms with Crippen LogP contribution in [0.25, 0.3) is 0 Å². The topological polar surface area (TPSA) is 94.7 Å². The van der Waals surface area contributed by atoms with Crippen LogP contribution in [0.5, 0.6) is 0 Å². The van der Waals surface area contributed by atoms with Gasteiger partial charge in [0, 0.05) is 31.1 Å². The number of aryl methyl sites for hydroxylation is 4. The average molecular weight is 435 g/mol. The number of aromatic nitrogens is 5. The van der Waals surface area contributed by atoms with Gasteiger partial charge in [-0.3, -0.25) is 14.3 Å². The van der Waals surface area contributed by atoms with E-state index >= 15 is 0 Å². The van der Waals surface area contributed by atoms with Crippen molar-refractivity contribution in [2.24, 2.45) is 0 Å². The summed E-state index contributed by atoms with van der Waals surface area (Å²) in [4.78, 5) is 24.5. The fourth-order valence-corrected chi connectivity index (χ4v) is 4.55. The molecule has 1 atom stereocenters. The number of nitrogens with zero attached hydrogens (tertiary/aromatic N) is 5. The molecule has 0 saturated heterocycles. The fourth-order valence-electron chi connectivity index (χ4n) is 4.55. The third kappa shape index (κ3) is 4.79. The number of hydrogen-bond acceptors (Lipinski definition) is 5. The number of rotatable bonds is 7. The quantitative estimate of drug-likeness (QED) is 0.577. The predicted octanol–water partition coefficient (Wildman–Crippen LogP) is 2.60. The van der Waals surface area contributed by atoms with Crippen LogP contribution in [0.15, 0.2) is 30.3 Å². The second-order valence-electron chi connectivity index (χ2n) is 8.52. The molecule has 1 unspecified atom stereocenters. The van der Waals surface area contributed by atoms with Gasteiger partial charge < -0.3 is 9.88 Å². The Labute approximate surface area is 188 Å².